The van der Waals surface area contributed by atoms with Crippen LogP contribution in [0.2, 0.25) is 15.1 Å². The van der Waals surface area contributed by atoms with Crippen LogP contribution in [0, 0.1) is 5.92 Å². The molecule has 2 atom stereocenters. The number of carbonyl (C=O) groups excluding carboxylic acids is 1. The van der Waals surface area contributed by atoms with Crippen LogP contribution < -0.4 is 0 Å². The van der Waals surface area contributed by atoms with Crippen molar-refractivity contribution in [2.45, 2.75) is 19.4 Å². The van der Waals surface area contributed by atoms with Crippen molar-refractivity contribution < 1.29 is 9.53 Å². The molecule has 0 amide bonds. The van der Waals surface area contributed by atoms with Gasteiger partial charge in [0, 0.05) is 11.6 Å². The third-order valence-electron chi connectivity index (χ3n) is 2.97. The van der Waals surface area contributed by atoms with Crippen molar-refractivity contribution in [2.24, 2.45) is 5.92 Å². The van der Waals surface area contributed by atoms with Gasteiger partial charge >= 0.3 is 0 Å². The zero-order chi connectivity index (χ0) is 12.6. The second-order valence-electron chi connectivity index (χ2n) is 4.08. The zero-order valence-corrected chi connectivity index (χ0v) is 11.4. The monoisotopic (exact) mass is 292 g/mol. The van der Waals surface area contributed by atoms with Crippen molar-refractivity contribution in [3.63, 3.8) is 0 Å². The highest BCUT2D eigenvalue weighted by Crippen LogP contribution is 2.34. The maximum absolute atomic E-state index is 12.3. The highest BCUT2D eigenvalue weighted by atomic mass is 35.5. The number of ketones is 1. The molecule has 1 fully saturated rings. The Morgan fingerprint density at radius 1 is 1.29 bits per heavy atom. The molecule has 5 heteroatoms. The first-order valence-electron chi connectivity index (χ1n) is 5.31. The maximum Gasteiger partial charge on any atom is 0.171 e. The number of halogens is 3. The molecular formula is C12H11Cl3O2. The van der Waals surface area contributed by atoms with Gasteiger partial charge in [0.1, 0.15) is 0 Å². The Labute approximate surface area is 115 Å². The van der Waals surface area contributed by atoms with E-state index in [4.69, 9.17) is 39.5 Å². The Balaban J connectivity index is 2.37. The Kier molecular flexibility index (Phi) is 3.99. The summed E-state index contributed by atoms with van der Waals surface area (Å²) in [6.45, 7) is 2.48. The predicted molar refractivity (Wildman–Crippen MR) is 69.3 cm³/mol. The molecule has 1 aromatic rings. The number of carbonyl (C=O) groups is 1. The SMILES string of the molecule is CC1OCCC1C(=O)c1c(Cl)cc(Cl)cc1Cl. The van der Waals surface area contributed by atoms with Crippen LogP contribution in [0.25, 0.3) is 0 Å². The molecule has 0 spiro atoms. The molecule has 0 saturated carbocycles. The maximum atomic E-state index is 12.3. The third kappa shape index (κ3) is 2.60. The summed E-state index contributed by atoms with van der Waals surface area (Å²) in [6.07, 6.45) is 0.611. The molecule has 2 rings (SSSR count). The number of hydrogen-bond donors (Lipinski definition) is 0. The van der Waals surface area contributed by atoms with E-state index in [2.05, 4.69) is 0 Å². The third-order valence-corrected chi connectivity index (χ3v) is 3.78. The van der Waals surface area contributed by atoms with Crippen LogP contribution in [0.1, 0.15) is 23.7 Å². The molecule has 92 valence electrons. The number of rotatable bonds is 2. The predicted octanol–water partition coefficient (Wildman–Crippen LogP) is 4.25. The summed E-state index contributed by atoms with van der Waals surface area (Å²) < 4.78 is 5.38. The molecule has 1 aliphatic rings. The minimum atomic E-state index is -0.175. The second kappa shape index (κ2) is 5.15. The average Bonchev–Trinajstić information content (AvgIpc) is 2.62. The quantitative estimate of drug-likeness (QED) is 0.762. The number of ether oxygens (including phenoxy) is 1. The van der Waals surface area contributed by atoms with Gasteiger partial charge in [-0.05, 0) is 25.5 Å². The van der Waals surface area contributed by atoms with Gasteiger partial charge in [0.15, 0.2) is 5.78 Å². The minimum absolute atomic E-state index is 0.0679. The zero-order valence-electron chi connectivity index (χ0n) is 9.17. The lowest BCUT2D eigenvalue weighted by atomic mass is 9.92. The van der Waals surface area contributed by atoms with Gasteiger partial charge in [-0.15, -0.1) is 0 Å². The minimum Gasteiger partial charge on any atom is -0.378 e. The van der Waals surface area contributed by atoms with Crippen LogP contribution >= 0.6 is 34.8 Å². The summed E-state index contributed by atoms with van der Waals surface area (Å²) in [6, 6.07) is 3.06. The molecule has 17 heavy (non-hydrogen) atoms. The van der Waals surface area contributed by atoms with Crippen molar-refractivity contribution >= 4 is 40.6 Å². The molecule has 1 saturated heterocycles. The molecule has 0 aromatic heterocycles. The molecular weight excluding hydrogens is 282 g/mol. The first kappa shape index (κ1) is 13.2. The molecule has 2 unspecified atom stereocenters. The molecule has 0 N–H and O–H groups in total. The van der Waals surface area contributed by atoms with Crippen LogP contribution in [-0.2, 0) is 4.74 Å². The summed E-state index contributed by atoms with van der Waals surface area (Å²) in [4.78, 5) is 12.3. The first-order chi connectivity index (χ1) is 8.00. The largest absolute Gasteiger partial charge is 0.378 e. The number of hydrogen-bond acceptors (Lipinski definition) is 2. The Morgan fingerprint density at radius 2 is 1.88 bits per heavy atom. The smallest absolute Gasteiger partial charge is 0.171 e. The molecule has 1 aromatic carbocycles. The number of Topliss-reactive ketones (excluding diaryl/α,β-unsaturated/α-hetero) is 1. The van der Waals surface area contributed by atoms with E-state index >= 15 is 0 Å². The van der Waals surface area contributed by atoms with E-state index in [1.807, 2.05) is 6.92 Å². The van der Waals surface area contributed by atoms with Gasteiger partial charge < -0.3 is 4.74 Å². The van der Waals surface area contributed by atoms with E-state index in [0.717, 1.165) is 0 Å². The van der Waals surface area contributed by atoms with Crippen molar-refractivity contribution in [3.05, 3.63) is 32.8 Å². The highest BCUT2D eigenvalue weighted by Gasteiger charge is 2.33. The summed E-state index contributed by atoms with van der Waals surface area (Å²) in [5, 5.41) is 1.02. The van der Waals surface area contributed by atoms with Crippen LogP contribution in [0.3, 0.4) is 0 Å². The normalized spacial score (nSPS) is 24.0. The van der Waals surface area contributed by atoms with Crippen LogP contribution in [0.5, 0.6) is 0 Å². The van der Waals surface area contributed by atoms with Crippen molar-refractivity contribution in [1.29, 1.82) is 0 Å². The van der Waals surface area contributed by atoms with E-state index in [1.165, 1.54) is 12.1 Å². The Morgan fingerprint density at radius 3 is 2.35 bits per heavy atom. The lowest BCUT2D eigenvalue weighted by molar-refractivity contribution is 0.0764. The van der Waals surface area contributed by atoms with Crippen LogP contribution in [0.15, 0.2) is 12.1 Å². The van der Waals surface area contributed by atoms with Crippen LogP contribution in [0.4, 0.5) is 0 Å². The van der Waals surface area contributed by atoms with Gasteiger partial charge in [0.05, 0.1) is 27.6 Å². The number of benzene rings is 1. The Hall–Kier alpha value is -0.280. The molecule has 0 bridgehead atoms. The molecule has 2 nitrogen and oxygen atoms in total. The van der Waals surface area contributed by atoms with E-state index in [0.29, 0.717) is 33.7 Å². The topological polar surface area (TPSA) is 26.3 Å². The second-order valence-corrected chi connectivity index (χ2v) is 5.33. The van der Waals surface area contributed by atoms with E-state index < -0.39 is 0 Å². The fourth-order valence-electron chi connectivity index (χ4n) is 2.04. The van der Waals surface area contributed by atoms with E-state index in [-0.39, 0.29) is 17.8 Å². The fourth-order valence-corrected chi connectivity index (χ4v) is 3.04. The molecule has 1 aliphatic heterocycles. The average molecular weight is 294 g/mol. The summed E-state index contributed by atoms with van der Waals surface area (Å²) >= 11 is 17.9. The van der Waals surface area contributed by atoms with Gasteiger partial charge in [0.25, 0.3) is 0 Å². The molecule has 0 radical (unpaired) electrons. The van der Waals surface area contributed by atoms with Gasteiger partial charge in [-0.25, -0.2) is 0 Å². The van der Waals surface area contributed by atoms with Crippen molar-refractivity contribution in [3.8, 4) is 0 Å². The van der Waals surface area contributed by atoms with Gasteiger partial charge in [-0.2, -0.15) is 0 Å². The molecule has 1 heterocycles. The van der Waals surface area contributed by atoms with E-state index in [9.17, 15) is 4.79 Å². The summed E-state index contributed by atoms with van der Waals surface area (Å²) in [7, 11) is 0. The summed E-state index contributed by atoms with van der Waals surface area (Å²) in [5.41, 5.74) is 0.347. The van der Waals surface area contributed by atoms with Gasteiger partial charge in [-0.3, -0.25) is 4.79 Å². The standard InChI is InChI=1S/C12H11Cl3O2/c1-6-8(2-3-17-6)12(16)11-9(14)4-7(13)5-10(11)15/h4-6,8H,2-3H2,1H3. The van der Waals surface area contributed by atoms with Gasteiger partial charge in [0.2, 0.25) is 0 Å². The van der Waals surface area contributed by atoms with Crippen molar-refractivity contribution in [2.75, 3.05) is 6.61 Å². The molecule has 0 aliphatic carbocycles. The van der Waals surface area contributed by atoms with E-state index in [1.54, 1.807) is 0 Å². The fraction of sp³-hybridized carbons (Fsp3) is 0.417. The van der Waals surface area contributed by atoms with Gasteiger partial charge in [-0.1, -0.05) is 34.8 Å². The highest BCUT2D eigenvalue weighted by molar-refractivity contribution is 6.42. The van der Waals surface area contributed by atoms with Crippen LogP contribution in [-0.4, -0.2) is 18.5 Å². The lowest BCUT2D eigenvalue weighted by Gasteiger charge is -2.14. The Bertz CT molecular complexity index is 436. The van der Waals surface area contributed by atoms with Crippen molar-refractivity contribution in [1.82, 2.24) is 0 Å². The first-order valence-corrected chi connectivity index (χ1v) is 6.44. The summed E-state index contributed by atoms with van der Waals surface area (Å²) in [5.74, 6) is -0.243. The lowest BCUT2D eigenvalue weighted by Crippen LogP contribution is -2.22.